The zero-order valence-corrected chi connectivity index (χ0v) is 14.8. The van der Waals surface area contributed by atoms with E-state index in [0.717, 1.165) is 27.6 Å². The van der Waals surface area contributed by atoms with Crippen molar-refractivity contribution in [3.8, 4) is 22.5 Å². The molecular formula is C19H14N4S2. The zero-order valence-electron chi connectivity index (χ0n) is 13.2. The SMILES string of the molecule is C(=Nc1nc(-c2ccccc2)cs1)Nc1nc(-c2ccccc2)cs1. The van der Waals surface area contributed by atoms with Gasteiger partial charge in [0.25, 0.3) is 0 Å². The molecule has 0 atom stereocenters. The van der Waals surface area contributed by atoms with E-state index in [9.17, 15) is 0 Å². The highest BCUT2D eigenvalue weighted by Crippen LogP contribution is 2.27. The van der Waals surface area contributed by atoms with Gasteiger partial charge in [0.1, 0.15) is 0 Å². The van der Waals surface area contributed by atoms with Crippen LogP contribution in [0.2, 0.25) is 0 Å². The highest BCUT2D eigenvalue weighted by atomic mass is 32.1. The van der Waals surface area contributed by atoms with E-state index in [1.807, 2.05) is 71.4 Å². The lowest BCUT2D eigenvalue weighted by Gasteiger charge is -1.95. The highest BCUT2D eigenvalue weighted by Gasteiger charge is 2.04. The fourth-order valence-corrected chi connectivity index (χ4v) is 3.64. The first-order chi connectivity index (χ1) is 12.4. The van der Waals surface area contributed by atoms with Crippen molar-refractivity contribution in [2.45, 2.75) is 0 Å². The van der Waals surface area contributed by atoms with Crippen molar-refractivity contribution in [1.82, 2.24) is 9.97 Å². The Bertz CT molecular complexity index is 975. The smallest absolute Gasteiger partial charge is 0.211 e. The van der Waals surface area contributed by atoms with E-state index in [1.165, 1.54) is 11.3 Å². The van der Waals surface area contributed by atoms with Crippen molar-refractivity contribution < 1.29 is 0 Å². The topological polar surface area (TPSA) is 50.2 Å². The normalized spacial score (nSPS) is 11.0. The fraction of sp³-hybridized carbons (Fsp3) is 0. The van der Waals surface area contributed by atoms with Gasteiger partial charge in [-0.05, 0) is 0 Å². The van der Waals surface area contributed by atoms with Crippen LogP contribution in [-0.4, -0.2) is 16.3 Å². The number of nitrogens with zero attached hydrogens (tertiary/aromatic N) is 3. The molecule has 1 N–H and O–H groups in total. The van der Waals surface area contributed by atoms with Gasteiger partial charge in [-0.2, -0.15) is 0 Å². The van der Waals surface area contributed by atoms with E-state index in [1.54, 1.807) is 17.7 Å². The third kappa shape index (κ3) is 3.81. The van der Waals surface area contributed by atoms with Crippen LogP contribution in [-0.2, 0) is 0 Å². The van der Waals surface area contributed by atoms with Gasteiger partial charge in [0.2, 0.25) is 5.13 Å². The molecule has 0 unspecified atom stereocenters. The largest absolute Gasteiger partial charge is 0.322 e. The Kier molecular flexibility index (Phi) is 4.63. The summed E-state index contributed by atoms with van der Waals surface area (Å²) in [5.74, 6) is 0. The van der Waals surface area contributed by atoms with Gasteiger partial charge < -0.3 is 5.32 Å². The van der Waals surface area contributed by atoms with Crippen LogP contribution < -0.4 is 5.32 Å². The van der Waals surface area contributed by atoms with Crippen molar-refractivity contribution >= 4 is 39.3 Å². The lowest BCUT2D eigenvalue weighted by atomic mass is 10.2. The van der Waals surface area contributed by atoms with Crippen molar-refractivity contribution in [3.05, 3.63) is 71.4 Å². The molecule has 0 amide bonds. The first-order valence-electron chi connectivity index (χ1n) is 7.69. The van der Waals surface area contributed by atoms with Gasteiger partial charge in [-0.3, -0.25) is 0 Å². The number of nitrogens with one attached hydrogen (secondary N) is 1. The molecular weight excluding hydrogens is 348 g/mol. The molecule has 6 heteroatoms. The van der Waals surface area contributed by atoms with Gasteiger partial charge in [-0.1, -0.05) is 60.7 Å². The lowest BCUT2D eigenvalue weighted by Crippen LogP contribution is -1.93. The number of aromatic nitrogens is 2. The van der Waals surface area contributed by atoms with E-state index in [2.05, 4.69) is 20.3 Å². The molecule has 0 aliphatic heterocycles. The number of thiazole rings is 2. The van der Waals surface area contributed by atoms with Crippen LogP contribution in [0, 0.1) is 0 Å². The third-order valence-electron chi connectivity index (χ3n) is 3.50. The van der Waals surface area contributed by atoms with E-state index < -0.39 is 0 Å². The summed E-state index contributed by atoms with van der Waals surface area (Å²) in [6, 6.07) is 20.2. The van der Waals surface area contributed by atoms with Crippen molar-refractivity contribution in [2.75, 3.05) is 5.32 Å². The second kappa shape index (κ2) is 7.38. The van der Waals surface area contributed by atoms with Crippen LogP contribution in [0.3, 0.4) is 0 Å². The van der Waals surface area contributed by atoms with Crippen molar-refractivity contribution in [2.24, 2.45) is 4.99 Å². The molecule has 122 valence electrons. The number of aliphatic imine (C=N–C) groups is 1. The summed E-state index contributed by atoms with van der Waals surface area (Å²) in [6.45, 7) is 0. The molecule has 0 saturated carbocycles. The number of hydrogen-bond donors (Lipinski definition) is 1. The molecule has 4 rings (SSSR count). The molecule has 0 spiro atoms. The number of hydrogen-bond acceptors (Lipinski definition) is 5. The Morgan fingerprint density at radius 1 is 0.760 bits per heavy atom. The summed E-state index contributed by atoms with van der Waals surface area (Å²) in [6.07, 6.45) is 1.64. The predicted molar refractivity (Wildman–Crippen MR) is 107 cm³/mol. The summed E-state index contributed by atoms with van der Waals surface area (Å²) >= 11 is 3.07. The Morgan fingerprint density at radius 3 is 2.04 bits per heavy atom. The maximum absolute atomic E-state index is 4.56. The van der Waals surface area contributed by atoms with Crippen LogP contribution in [0.25, 0.3) is 22.5 Å². The van der Waals surface area contributed by atoms with Crippen LogP contribution in [0.4, 0.5) is 10.3 Å². The van der Waals surface area contributed by atoms with E-state index in [-0.39, 0.29) is 0 Å². The lowest BCUT2D eigenvalue weighted by molar-refractivity contribution is 1.35. The summed E-state index contributed by atoms with van der Waals surface area (Å²) in [4.78, 5) is 13.5. The van der Waals surface area contributed by atoms with E-state index >= 15 is 0 Å². The number of rotatable bonds is 5. The third-order valence-corrected chi connectivity index (χ3v) is 5.02. The van der Waals surface area contributed by atoms with Crippen molar-refractivity contribution in [1.29, 1.82) is 0 Å². The molecule has 0 bridgehead atoms. The van der Waals surface area contributed by atoms with E-state index in [0.29, 0.717) is 5.13 Å². The zero-order chi connectivity index (χ0) is 16.9. The number of benzene rings is 2. The van der Waals surface area contributed by atoms with Crippen molar-refractivity contribution in [3.63, 3.8) is 0 Å². The summed E-state index contributed by atoms with van der Waals surface area (Å²) in [5, 5.41) is 8.68. The monoisotopic (exact) mass is 362 g/mol. The molecule has 4 aromatic rings. The molecule has 0 aliphatic carbocycles. The minimum atomic E-state index is 0.714. The minimum absolute atomic E-state index is 0.714. The van der Waals surface area contributed by atoms with Crippen LogP contribution >= 0.6 is 22.7 Å². The van der Waals surface area contributed by atoms with Gasteiger partial charge in [0.15, 0.2) is 5.13 Å². The van der Waals surface area contributed by atoms with Gasteiger partial charge in [0, 0.05) is 21.9 Å². The van der Waals surface area contributed by atoms with Crippen LogP contribution in [0.5, 0.6) is 0 Å². The summed E-state index contributed by atoms with van der Waals surface area (Å²) in [7, 11) is 0. The molecule has 2 heterocycles. The second-order valence-electron chi connectivity index (χ2n) is 5.19. The standard InChI is InChI=1S/C19H14N4S2/c1-3-7-14(8-4-1)16-11-24-18(22-16)20-13-21-19-23-17(12-25-19)15-9-5-2-6-10-15/h1-13H,(H,20,21,22,23). The molecule has 25 heavy (non-hydrogen) atoms. The predicted octanol–water partition coefficient (Wildman–Crippen LogP) is 5.71. The molecule has 2 aromatic carbocycles. The first kappa shape index (κ1) is 15.7. The molecule has 0 radical (unpaired) electrons. The quantitative estimate of drug-likeness (QED) is 0.366. The molecule has 2 aromatic heterocycles. The fourth-order valence-electron chi connectivity index (χ4n) is 2.29. The van der Waals surface area contributed by atoms with Crippen LogP contribution in [0.15, 0.2) is 76.4 Å². The summed E-state index contributed by atoms with van der Waals surface area (Å²) < 4.78 is 0. The van der Waals surface area contributed by atoms with Gasteiger partial charge in [-0.15, -0.1) is 22.7 Å². The summed E-state index contributed by atoms with van der Waals surface area (Å²) in [5.41, 5.74) is 4.11. The average molecular weight is 362 g/mol. The Balaban J connectivity index is 1.42. The minimum Gasteiger partial charge on any atom is -0.322 e. The van der Waals surface area contributed by atoms with Gasteiger partial charge in [0.05, 0.1) is 17.7 Å². The molecule has 0 fully saturated rings. The van der Waals surface area contributed by atoms with Gasteiger partial charge in [-0.25, -0.2) is 15.0 Å². The van der Waals surface area contributed by atoms with Crippen LogP contribution in [0.1, 0.15) is 0 Å². The molecule has 0 aliphatic rings. The number of anilines is 1. The average Bonchev–Trinajstić information content (AvgIpc) is 3.33. The first-order valence-corrected chi connectivity index (χ1v) is 9.45. The maximum Gasteiger partial charge on any atom is 0.211 e. The highest BCUT2D eigenvalue weighted by molar-refractivity contribution is 7.14. The Hall–Kier alpha value is -2.83. The molecule has 4 nitrogen and oxygen atoms in total. The second-order valence-corrected chi connectivity index (χ2v) is 6.88. The molecule has 0 saturated heterocycles. The Labute approximate surface area is 153 Å². The van der Waals surface area contributed by atoms with Gasteiger partial charge >= 0.3 is 0 Å². The maximum atomic E-state index is 4.56. The van der Waals surface area contributed by atoms with E-state index in [4.69, 9.17) is 0 Å². The Morgan fingerprint density at radius 2 is 1.36 bits per heavy atom.